The molecule has 0 saturated heterocycles. The maximum absolute atomic E-state index is 12.9. The van der Waals surface area contributed by atoms with E-state index in [-0.39, 0.29) is 22.0 Å². The van der Waals surface area contributed by atoms with E-state index in [1.807, 2.05) is 45.0 Å². The fourth-order valence-corrected chi connectivity index (χ4v) is 5.09. The average molecular weight is 728 g/mol. The van der Waals surface area contributed by atoms with Gasteiger partial charge in [-0.3, -0.25) is 9.69 Å². The number of aromatic nitrogens is 1. The molecule has 0 aliphatic rings. The van der Waals surface area contributed by atoms with E-state index >= 15 is 0 Å². The van der Waals surface area contributed by atoms with Gasteiger partial charge in [0.25, 0.3) is 5.91 Å². The molecule has 0 bridgehead atoms. The Morgan fingerprint density at radius 2 is 1.71 bits per heavy atom. The molecule has 1 heterocycles. The van der Waals surface area contributed by atoms with Crippen LogP contribution < -0.4 is 15.0 Å². The number of esters is 1. The first kappa shape index (κ1) is 33.4. The summed E-state index contributed by atoms with van der Waals surface area (Å²) in [6.07, 6.45) is 0.202. The number of benzene rings is 2. The maximum Gasteiger partial charge on any atom is 0.415 e. The van der Waals surface area contributed by atoms with Crippen molar-refractivity contribution in [1.82, 2.24) is 10.3 Å². The number of hydrogen-bond donors (Lipinski definition) is 1. The second kappa shape index (κ2) is 14.9. The molecule has 9 nitrogen and oxygen atoms in total. The summed E-state index contributed by atoms with van der Waals surface area (Å²) in [6, 6.07) is 14.7. The number of nitrogens with zero attached hydrogens (tertiary/aromatic N) is 2. The summed E-state index contributed by atoms with van der Waals surface area (Å²) in [6.45, 7) is 5.77. The van der Waals surface area contributed by atoms with Crippen LogP contribution >= 0.6 is 45.8 Å². The van der Waals surface area contributed by atoms with Crippen molar-refractivity contribution in [2.75, 3.05) is 25.7 Å². The van der Waals surface area contributed by atoms with Crippen LogP contribution in [0.15, 0.2) is 54.6 Å². The van der Waals surface area contributed by atoms with E-state index in [1.165, 1.54) is 12.0 Å². The van der Waals surface area contributed by atoms with E-state index in [0.717, 1.165) is 14.8 Å². The fourth-order valence-electron chi connectivity index (χ4n) is 3.79. The molecule has 0 saturated carbocycles. The lowest BCUT2D eigenvalue weighted by molar-refractivity contribution is -0.142. The third-order valence-corrected chi connectivity index (χ3v) is 7.31. The Labute approximate surface area is 269 Å². The van der Waals surface area contributed by atoms with Crippen LogP contribution in [0.25, 0.3) is 0 Å². The Hall–Kier alpha value is -3.09. The minimum Gasteiger partial charge on any atom is -0.492 e. The van der Waals surface area contributed by atoms with Crippen molar-refractivity contribution in [3.8, 4) is 5.75 Å². The highest BCUT2D eigenvalue weighted by molar-refractivity contribution is 14.1. The topological polar surface area (TPSA) is 107 Å². The van der Waals surface area contributed by atoms with Gasteiger partial charge in [0, 0.05) is 25.6 Å². The summed E-state index contributed by atoms with van der Waals surface area (Å²) in [5, 5.41) is 3.03. The number of halogens is 3. The molecular formula is C30H32Cl2IN3O6. The number of pyridine rings is 1. The van der Waals surface area contributed by atoms with Crippen molar-refractivity contribution in [1.29, 1.82) is 0 Å². The monoisotopic (exact) mass is 727 g/mol. The van der Waals surface area contributed by atoms with Gasteiger partial charge in [0.05, 0.1) is 32.9 Å². The first-order valence-corrected chi connectivity index (χ1v) is 14.8. The van der Waals surface area contributed by atoms with E-state index in [9.17, 15) is 14.4 Å². The summed E-state index contributed by atoms with van der Waals surface area (Å²) in [7, 11) is 2.87. The quantitative estimate of drug-likeness (QED) is 0.188. The summed E-state index contributed by atoms with van der Waals surface area (Å²) < 4.78 is 17.1. The molecule has 224 valence electrons. The molecule has 1 N–H and O–H groups in total. The van der Waals surface area contributed by atoms with Crippen LogP contribution in [0.4, 0.5) is 10.6 Å². The van der Waals surface area contributed by atoms with Gasteiger partial charge in [-0.05, 0) is 85.3 Å². The molecule has 3 rings (SSSR count). The first-order chi connectivity index (χ1) is 19.8. The molecule has 1 atom stereocenters. The van der Waals surface area contributed by atoms with E-state index in [4.69, 9.17) is 37.4 Å². The molecule has 42 heavy (non-hydrogen) atoms. The third-order valence-electron chi connectivity index (χ3n) is 5.84. The molecule has 12 heteroatoms. The summed E-state index contributed by atoms with van der Waals surface area (Å²) in [5.41, 5.74) is 1.02. The number of ether oxygens (including phenoxy) is 3. The normalized spacial score (nSPS) is 11.8. The Balaban J connectivity index is 1.62. The van der Waals surface area contributed by atoms with Crippen LogP contribution in [0.3, 0.4) is 0 Å². The lowest BCUT2D eigenvalue weighted by atomic mass is 10.0. The summed E-state index contributed by atoms with van der Waals surface area (Å²) in [5.74, 6) is -0.0489. The van der Waals surface area contributed by atoms with E-state index in [0.29, 0.717) is 24.6 Å². The largest absolute Gasteiger partial charge is 0.492 e. The van der Waals surface area contributed by atoms with Crippen LogP contribution in [-0.2, 0) is 27.1 Å². The van der Waals surface area contributed by atoms with Crippen molar-refractivity contribution >= 4 is 69.6 Å². The van der Waals surface area contributed by atoms with Crippen LogP contribution in [0.2, 0.25) is 10.0 Å². The van der Waals surface area contributed by atoms with Crippen molar-refractivity contribution in [2.45, 2.75) is 45.3 Å². The number of carbonyl (C=O) groups excluding carboxylic acids is 3. The zero-order valence-electron chi connectivity index (χ0n) is 23.9. The molecule has 3 aromatic rings. The Bertz CT molecular complexity index is 1430. The second-order valence-corrected chi connectivity index (χ2v) is 12.2. The lowest BCUT2D eigenvalue weighted by Gasteiger charge is -2.24. The first-order valence-electron chi connectivity index (χ1n) is 13.0. The molecule has 2 aromatic carbocycles. The zero-order chi connectivity index (χ0) is 31.0. The lowest BCUT2D eigenvalue weighted by Crippen LogP contribution is -2.43. The van der Waals surface area contributed by atoms with Crippen molar-refractivity contribution in [3.05, 3.63) is 85.0 Å². The smallest absolute Gasteiger partial charge is 0.415 e. The van der Waals surface area contributed by atoms with E-state index in [1.54, 1.807) is 37.4 Å². The summed E-state index contributed by atoms with van der Waals surface area (Å²) >= 11 is 14.5. The molecule has 0 aliphatic carbocycles. The van der Waals surface area contributed by atoms with Crippen LogP contribution in [0, 0.1) is 3.57 Å². The van der Waals surface area contributed by atoms with Crippen molar-refractivity contribution in [3.63, 3.8) is 0 Å². The van der Waals surface area contributed by atoms with Crippen LogP contribution in [-0.4, -0.2) is 55.4 Å². The highest BCUT2D eigenvalue weighted by Crippen LogP contribution is 2.26. The Morgan fingerprint density at radius 1 is 1.05 bits per heavy atom. The van der Waals surface area contributed by atoms with E-state index < -0.39 is 29.6 Å². The standard InChI is InChI=1S/C30H32Cl2IN3O6/c1-30(2,3)42-29(39)36(4)25-11-6-8-19(34-25)14-15-41-24-13-12-18(16-22(24)33)17-23(28(38)40-5)35-27(37)26-20(31)9-7-10-21(26)32/h6-13,16,23H,14-15,17H2,1-5H3,(H,35,37)/t23-/m0/s1. The molecular weight excluding hydrogens is 696 g/mol. The number of methoxy groups -OCH3 is 1. The van der Waals surface area contributed by atoms with Gasteiger partial charge in [-0.2, -0.15) is 0 Å². The predicted molar refractivity (Wildman–Crippen MR) is 171 cm³/mol. The van der Waals surface area contributed by atoms with Crippen molar-refractivity contribution in [2.24, 2.45) is 0 Å². The number of hydrogen-bond acceptors (Lipinski definition) is 7. The van der Waals surface area contributed by atoms with Gasteiger partial charge >= 0.3 is 12.1 Å². The number of nitrogens with one attached hydrogen (secondary N) is 1. The van der Waals surface area contributed by atoms with Gasteiger partial charge in [0.1, 0.15) is 23.2 Å². The number of rotatable bonds is 10. The Morgan fingerprint density at radius 3 is 2.33 bits per heavy atom. The molecule has 1 aromatic heterocycles. The van der Waals surface area contributed by atoms with Gasteiger partial charge in [-0.25, -0.2) is 14.6 Å². The number of carbonyl (C=O) groups is 3. The molecule has 0 fully saturated rings. The zero-order valence-corrected chi connectivity index (χ0v) is 27.5. The van der Waals surface area contributed by atoms with Gasteiger partial charge < -0.3 is 19.5 Å². The fraction of sp³-hybridized carbons (Fsp3) is 0.333. The number of amides is 2. The SMILES string of the molecule is COC(=O)[C@H](Cc1ccc(OCCc2cccc(N(C)C(=O)OC(C)(C)C)n2)c(I)c1)NC(=O)c1c(Cl)cccc1Cl. The predicted octanol–water partition coefficient (Wildman–Crippen LogP) is 6.50. The summed E-state index contributed by atoms with van der Waals surface area (Å²) in [4.78, 5) is 43.7. The number of anilines is 1. The van der Waals surface area contributed by atoms with E-state index in [2.05, 4.69) is 32.9 Å². The molecule has 0 radical (unpaired) electrons. The van der Waals surface area contributed by atoms with Gasteiger partial charge in [0.2, 0.25) is 0 Å². The highest BCUT2D eigenvalue weighted by atomic mass is 127. The second-order valence-electron chi connectivity index (χ2n) is 10.2. The molecule has 2 amide bonds. The van der Waals surface area contributed by atoms with Crippen molar-refractivity contribution < 1.29 is 28.6 Å². The average Bonchev–Trinajstić information content (AvgIpc) is 2.92. The molecule has 0 unspecified atom stereocenters. The Kier molecular flexibility index (Phi) is 11.8. The minimum atomic E-state index is -0.963. The molecule has 0 spiro atoms. The highest BCUT2D eigenvalue weighted by Gasteiger charge is 2.25. The van der Waals surface area contributed by atoms with Gasteiger partial charge in [0.15, 0.2) is 0 Å². The van der Waals surface area contributed by atoms with Crippen LogP contribution in [0.5, 0.6) is 5.75 Å². The van der Waals surface area contributed by atoms with Crippen LogP contribution in [0.1, 0.15) is 42.4 Å². The van der Waals surface area contributed by atoms with Gasteiger partial charge in [-0.1, -0.05) is 41.4 Å². The minimum absolute atomic E-state index is 0.0876. The third kappa shape index (κ3) is 9.47. The molecule has 0 aliphatic heterocycles. The maximum atomic E-state index is 12.9. The van der Waals surface area contributed by atoms with Gasteiger partial charge in [-0.15, -0.1) is 0 Å².